The monoisotopic (exact) mass is 444 g/mol. The summed E-state index contributed by atoms with van der Waals surface area (Å²) in [6.45, 7) is 0. The fourth-order valence-electron chi connectivity index (χ4n) is 3.65. The van der Waals surface area contributed by atoms with Crippen LogP contribution in [0.2, 0.25) is 0 Å². The summed E-state index contributed by atoms with van der Waals surface area (Å²) in [6, 6.07) is 18.9. The van der Waals surface area contributed by atoms with E-state index in [1.165, 1.54) is 11.8 Å². The van der Waals surface area contributed by atoms with Gasteiger partial charge in [0.1, 0.15) is 11.0 Å². The summed E-state index contributed by atoms with van der Waals surface area (Å²) in [6.07, 6.45) is 1.76. The molecule has 0 aliphatic carbocycles. The molecule has 0 bridgehead atoms. The van der Waals surface area contributed by atoms with Crippen LogP contribution in [-0.4, -0.2) is 33.7 Å². The van der Waals surface area contributed by atoms with Crippen LogP contribution < -0.4 is 15.0 Å². The van der Waals surface area contributed by atoms with Gasteiger partial charge in [-0.15, -0.1) is 0 Å². The summed E-state index contributed by atoms with van der Waals surface area (Å²) in [5.41, 5.74) is 3.36. The summed E-state index contributed by atoms with van der Waals surface area (Å²) >= 11 is 1.46. The van der Waals surface area contributed by atoms with Crippen molar-refractivity contribution in [2.75, 3.05) is 14.2 Å². The highest BCUT2D eigenvalue weighted by Gasteiger charge is 2.18. The fourth-order valence-corrected chi connectivity index (χ4v) is 4.57. The SMILES string of the molecule is COc1ccc(-n2c(SCc3ccccn3)nc3c([nH]c4ccccc43)c2=O)cc1OC. The van der Waals surface area contributed by atoms with E-state index in [0.717, 1.165) is 16.6 Å². The van der Waals surface area contributed by atoms with Crippen molar-refractivity contribution in [3.63, 3.8) is 0 Å². The second-order valence-corrected chi connectivity index (χ2v) is 8.02. The lowest BCUT2D eigenvalue weighted by atomic mass is 10.2. The average Bonchev–Trinajstić information content (AvgIpc) is 3.22. The number of methoxy groups -OCH3 is 2. The van der Waals surface area contributed by atoms with Crippen molar-refractivity contribution in [1.82, 2.24) is 19.5 Å². The summed E-state index contributed by atoms with van der Waals surface area (Å²) in [7, 11) is 3.15. The molecule has 32 heavy (non-hydrogen) atoms. The highest BCUT2D eigenvalue weighted by molar-refractivity contribution is 7.98. The number of fused-ring (bicyclic) bond motifs is 3. The molecule has 0 saturated heterocycles. The molecule has 0 atom stereocenters. The molecule has 0 unspecified atom stereocenters. The lowest BCUT2D eigenvalue weighted by Crippen LogP contribution is -2.22. The quantitative estimate of drug-likeness (QED) is 0.305. The molecule has 3 heterocycles. The number of hydrogen-bond acceptors (Lipinski definition) is 6. The smallest absolute Gasteiger partial charge is 0.283 e. The molecule has 0 aliphatic heterocycles. The molecule has 1 N–H and O–H groups in total. The van der Waals surface area contributed by atoms with E-state index in [2.05, 4.69) is 9.97 Å². The maximum Gasteiger partial charge on any atom is 0.283 e. The van der Waals surface area contributed by atoms with Crippen molar-refractivity contribution in [3.05, 3.63) is 82.9 Å². The first-order valence-electron chi connectivity index (χ1n) is 9.98. The lowest BCUT2D eigenvalue weighted by molar-refractivity contribution is 0.354. The first kappa shape index (κ1) is 20.1. The summed E-state index contributed by atoms with van der Waals surface area (Å²) in [4.78, 5) is 26.2. The van der Waals surface area contributed by atoms with Gasteiger partial charge in [0.25, 0.3) is 5.56 Å². The summed E-state index contributed by atoms with van der Waals surface area (Å²) in [5.74, 6) is 1.70. The van der Waals surface area contributed by atoms with Crippen LogP contribution in [0, 0.1) is 0 Å². The molecule has 0 saturated carbocycles. The van der Waals surface area contributed by atoms with Gasteiger partial charge >= 0.3 is 0 Å². The molecule has 0 amide bonds. The van der Waals surface area contributed by atoms with Crippen molar-refractivity contribution in [3.8, 4) is 17.2 Å². The predicted octanol–water partition coefficient (Wildman–Crippen LogP) is 4.57. The number of hydrogen-bond donors (Lipinski definition) is 1. The van der Waals surface area contributed by atoms with Crippen molar-refractivity contribution in [1.29, 1.82) is 0 Å². The van der Waals surface area contributed by atoms with Gasteiger partial charge < -0.3 is 14.5 Å². The molecule has 160 valence electrons. The Hall–Kier alpha value is -3.78. The number of rotatable bonds is 6. The van der Waals surface area contributed by atoms with E-state index in [9.17, 15) is 4.79 Å². The van der Waals surface area contributed by atoms with Crippen LogP contribution >= 0.6 is 11.8 Å². The first-order chi connectivity index (χ1) is 15.7. The molecule has 3 aromatic heterocycles. The number of aromatic amines is 1. The molecule has 2 aromatic carbocycles. The first-order valence-corrected chi connectivity index (χ1v) is 11.0. The number of pyridine rings is 1. The number of H-pyrrole nitrogens is 1. The van der Waals surface area contributed by atoms with Crippen LogP contribution in [0.15, 0.2) is 76.8 Å². The van der Waals surface area contributed by atoms with Gasteiger partial charge in [0.15, 0.2) is 16.7 Å². The van der Waals surface area contributed by atoms with Crippen LogP contribution in [-0.2, 0) is 5.75 Å². The third-order valence-electron chi connectivity index (χ3n) is 5.19. The highest BCUT2D eigenvalue weighted by atomic mass is 32.2. The van der Waals surface area contributed by atoms with E-state index in [4.69, 9.17) is 14.5 Å². The summed E-state index contributed by atoms with van der Waals surface area (Å²) in [5, 5.41) is 1.49. The molecular formula is C24H20N4O3S. The minimum Gasteiger partial charge on any atom is -0.493 e. The predicted molar refractivity (Wildman–Crippen MR) is 126 cm³/mol. The topological polar surface area (TPSA) is 82.0 Å². The van der Waals surface area contributed by atoms with Gasteiger partial charge in [0.2, 0.25) is 0 Å². The highest BCUT2D eigenvalue weighted by Crippen LogP contribution is 2.32. The van der Waals surface area contributed by atoms with Gasteiger partial charge in [0.05, 0.1) is 25.6 Å². The molecule has 0 aliphatic rings. The maximum absolute atomic E-state index is 13.7. The van der Waals surface area contributed by atoms with E-state index >= 15 is 0 Å². The number of nitrogens with one attached hydrogen (secondary N) is 1. The maximum atomic E-state index is 13.7. The van der Waals surface area contributed by atoms with Gasteiger partial charge in [-0.05, 0) is 30.3 Å². The van der Waals surface area contributed by atoms with Gasteiger partial charge in [-0.25, -0.2) is 4.98 Å². The van der Waals surface area contributed by atoms with Crippen LogP contribution in [0.4, 0.5) is 0 Å². The zero-order chi connectivity index (χ0) is 22.1. The van der Waals surface area contributed by atoms with E-state index in [0.29, 0.717) is 39.1 Å². The number of thioether (sulfide) groups is 1. The number of nitrogens with zero attached hydrogens (tertiary/aromatic N) is 3. The van der Waals surface area contributed by atoms with E-state index in [1.54, 1.807) is 37.1 Å². The van der Waals surface area contributed by atoms with Crippen molar-refractivity contribution >= 4 is 33.7 Å². The van der Waals surface area contributed by atoms with E-state index in [1.807, 2.05) is 48.5 Å². The largest absolute Gasteiger partial charge is 0.493 e. The molecule has 7 nitrogen and oxygen atoms in total. The lowest BCUT2D eigenvalue weighted by Gasteiger charge is -2.14. The molecular weight excluding hydrogens is 424 g/mol. The van der Waals surface area contributed by atoms with E-state index < -0.39 is 0 Å². The van der Waals surface area contributed by atoms with Gasteiger partial charge in [0, 0.05) is 28.9 Å². The number of para-hydroxylation sites is 1. The van der Waals surface area contributed by atoms with Crippen LogP contribution in [0.25, 0.3) is 27.6 Å². The standard InChI is InChI=1S/C24H20N4O3S/c1-30-19-11-10-16(13-20(19)31-2)28-23(29)22-21(17-8-3-4-9-18(17)26-22)27-24(28)32-14-15-7-5-6-12-25-15/h3-13,26H,14H2,1-2H3. The second-order valence-electron chi connectivity index (χ2n) is 7.08. The Morgan fingerprint density at radius 3 is 2.59 bits per heavy atom. The molecule has 0 fully saturated rings. The zero-order valence-corrected chi connectivity index (χ0v) is 18.3. The third-order valence-corrected chi connectivity index (χ3v) is 6.17. The van der Waals surface area contributed by atoms with Gasteiger partial charge in [-0.2, -0.15) is 0 Å². The fraction of sp³-hybridized carbons (Fsp3) is 0.125. The number of benzene rings is 2. The van der Waals surface area contributed by atoms with Gasteiger partial charge in [-0.1, -0.05) is 36.0 Å². The Balaban J connectivity index is 1.73. The normalized spacial score (nSPS) is 11.2. The molecule has 0 spiro atoms. The average molecular weight is 445 g/mol. The number of ether oxygens (including phenoxy) is 2. The van der Waals surface area contributed by atoms with Crippen molar-refractivity contribution in [2.24, 2.45) is 0 Å². The minimum absolute atomic E-state index is 0.179. The number of aromatic nitrogens is 4. The molecule has 5 rings (SSSR count). The van der Waals surface area contributed by atoms with Crippen LogP contribution in [0.1, 0.15) is 5.69 Å². The molecule has 5 aromatic rings. The molecule has 8 heteroatoms. The van der Waals surface area contributed by atoms with Crippen LogP contribution in [0.3, 0.4) is 0 Å². The Kier molecular flexibility index (Phi) is 5.28. The van der Waals surface area contributed by atoms with Gasteiger partial charge in [-0.3, -0.25) is 14.3 Å². The third kappa shape index (κ3) is 3.48. The van der Waals surface area contributed by atoms with E-state index in [-0.39, 0.29) is 5.56 Å². The van der Waals surface area contributed by atoms with Crippen molar-refractivity contribution < 1.29 is 9.47 Å². The van der Waals surface area contributed by atoms with Crippen LogP contribution in [0.5, 0.6) is 11.5 Å². The second kappa shape index (κ2) is 8.39. The minimum atomic E-state index is -0.179. The Bertz CT molecular complexity index is 1480. The molecule has 0 radical (unpaired) electrons. The Labute approximate surface area is 188 Å². The zero-order valence-electron chi connectivity index (χ0n) is 17.5. The Morgan fingerprint density at radius 2 is 1.81 bits per heavy atom. The summed E-state index contributed by atoms with van der Waals surface area (Å²) < 4.78 is 12.4. The Morgan fingerprint density at radius 1 is 1.00 bits per heavy atom. The van der Waals surface area contributed by atoms with Crippen molar-refractivity contribution in [2.45, 2.75) is 10.9 Å².